The van der Waals surface area contributed by atoms with Crippen LogP contribution in [0.5, 0.6) is 0 Å². The first-order valence-electron chi connectivity index (χ1n) is 32.1. The number of carboxylic acid groups (broad SMARTS) is 1. The molecule has 0 radical (unpaired) electrons. The summed E-state index contributed by atoms with van der Waals surface area (Å²) < 4.78 is 15.1. The molecular weight excluding hydrogens is 1210 g/mol. The highest BCUT2D eigenvalue weighted by atomic mass is 32.2. The van der Waals surface area contributed by atoms with Gasteiger partial charge in [0.05, 0.1) is 9.49 Å². The normalized spacial score (nSPS) is 13.4. The summed E-state index contributed by atoms with van der Waals surface area (Å²) in [5.41, 5.74) is 15.4. The fraction of sp³-hybridized carbons (Fsp3) is 0.210. The molecule has 0 bridgehead atoms. The van der Waals surface area contributed by atoms with E-state index in [1.807, 2.05) is 184 Å². The first-order chi connectivity index (χ1) is 46.2. The lowest BCUT2D eigenvalue weighted by Crippen LogP contribution is -2.48. The van der Waals surface area contributed by atoms with Crippen molar-refractivity contribution in [2.45, 2.75) is 60.1 Å². The Kier molecular flexibility index (Phi) is 23.8. The minimum Gasteiger partial charge on any atom is -0.480 e. The number of benzene rings is 10. The van der Waals surface area contributed by atoms with Gasteiger partial charge < -0.3 is 35.3 Å². The number of nitrogens with one attached hydrogen (secondary N) is 3. The number of thioether (sulfide) groups is 2. The summed E-state index contributed by atoms with van der Waals surface area (Å²) in [4.78, 5) is 52.0. The fourth-order valence-electron chi connectivity index (χ4n) is 12.6. The van der Waals surface area contributed by atoms with Crippen LogP contribution in [0.25, 0.3) is 22.3 Å². The largest absolute Gasteiger partial charge is 0.480 e. The molecule has 0 spiro atoms. The van der Waals surface area contributed by atoms with Gasteiger partial charge in [-0.1, -0.05) is 293 Å². The van der Waals surface area contributed by atoms with Crippen LogP contribution in [0.1, 0.15) is 94.2 Å². The number of rotatable bonds is 20. The van der Waals surface area contributed by atoms with Crippen LogP contribution in [0.2, 0.25) is 0 Å². The second-order valence-electron chi connectivity index (χ2n) is 22.5. The van der Waals surface area contributed by atoms with Gasteiger partial charge in [-0.3, -0.25) is 4.79 Å². The number of aliphatic carboxylic acids is 1. The lowest BCUT2D eigenvalue weighted by molar-refractivity contribution is -0.138. The molecule has 0 aromatic heterocycles. The Balaban J connectivity index is 0.000000186. The van der Waals surface area contributed by atoms with Crippen LogP contribution in [0.4, 0.5) is 9.59 Å². The van der Waals surface area contributed by atoms with Gasteiger partial charge in [-0.2, -0.15) is 0 Å². The highest BCUT2D eigenvalue weighted by molar-refractivity contribution is 8.01. The maximum atomic E-state index is 13.3. The van der Waals surface area contributed by atoms with Gasteiger partial charge in [0.1, 0.15) is 25.3 Å². The van der Waals surface area contributed by atoms with Crippen LogP contribution in [0.15, 0.2) is 279 Å². The molecule has 1 heterocycles. The van der Waals surface area contributed by atoms with E-state index < -0.39 is 39.7 Å². The first kappa shape index (κ1) is 67.2. The summed E-state index contributed by atoms with van der Waals surface area (Å²) in [5, 5.41) is 18.4. The molecule has 11 nitrogen and oxygen atoms in total. The fourth-order valence-corrected chi connectivity index (χ4v) is 15.7. The SMILES string of the molecule is C1CCOC1.CC.CNC(=O)[C@H](CSC(c1ccccc1)(c1ccccc1)c1ccccc1)NC(=O)OCC1c2ccccc2-c2ccccc21.O=C(N[C@@H](CSC(c1ccccc1)(c1ccccc1)c1ccccc1)C(=O)O)OCC1c2ccccc2-c2ccccc21. The smallest absolute Gasteiger partial charge is 0.407 e. The summed E-state index contributed by atoms with van der Waals surface area (Å²) in [5.74, 6) is -1.17. The van der Waals surface area contributed by atoms with Gasteiger partial charge in [0.2, 0.25) is 5.91 Å². The van der Waals surface area contributed by atoms with E-state index in [-0.39, 0.29) is 36.7 Å². The number of amides is 3. The van der Waals surface area contributed by atoms with Crippen molar-refractivity contribution >= 4 is 47.6 Å². The summed E-state index contributed by atoms with van der Waals surface area (Å²) in [7, 11) is 1.58. The lowest BCUT2D eigenvalue weighted by atomic mass is 9.84. The number of hydrogen-bond acceptors (Lipinski definition) is 9. The van der Waals surface area contributed by atoms with Crippen molar-refractivity contribution in [1.29, 1.82) is 0 Å². The molecule has 1 fully saturated rings. The van der Waals surface area contributed by atoms with Crippen molar-refractivity contribution in [3.63, 3.8) is 0 Å². The molecule has 10 aromatic carbocycles. The molecule has 94 heavy (non-hydrogen) atoms. The predicted molar refractivity (Wildman–Crippen MR) is 380 cm³/mol. The van der Waals surface area contributed by atoms with E-state index >= 15 is 0 Å². The van der Waals surface area contributed by atoms with Crippen LogP contribution in [-0.2, 0) is 33.3 Å². The number of fused-ring (bicyclic) bond motifs is 6. The Morgan fingerprint density at radius 1 is 0.415 bits per heavy atom. The topological polar surface area (TPSA) is 152 Å². The molecule has 10 aromatic rings. The van der Waals surface area contributed by atoms with E-state index in [0.29, 0.717) is 5.75 Å². The van der Waals surface area contributed by atoms with Gasteiger partial charge in [0.15, 0.2) is 0 Å². The van der Waals surface area contributed by atoms with Crippen LogP contribution in [0, 0.1) is 0 Å². The van der Waals surface area contributed by atoms with Gasteiger partial charge in [-0.25, -0.2) is 14.4 Å². The molecule has 1 saturated heterocycles. The van der Waals surface area contributed by atoms with Gasteiger partial charge in [-0.05, 0) is 90.7 Å². The number of ether oxygens (including phenoxy) is 3. The van der Waals surface area contributed by atoms with E-state index in [9.17, 15) is 24.3 Å². The number of carbonyl (C=O) groups is 4. The zero-order valence-corrected chi connectivity index (χ0v) is 54.8. The zero-order valence-electron chi connectivity index (χ0n) is 53.1. The number of hydrogen-bond donors (Lipinski definition) is 4. The molecule has 478 valence electrons. The van der Waals surface area contributed by atoms with Gasteiger partial charge in [-0.15, -0.1) is 23.5 Å². The highest BCUT2D eigenvalue weighted by Crippen LogP contribution is 2.51. The van der Waals surface area contributed by atoms with E-state index in [1.54, 1.807) is 18.8 Å². The summed E-state index contributed by atoms with van der Waals surface area (Å²) in [6, 6.07) is 91.7. The molecule has 2 aliphatic carbocycles. The van der Waals surface area contributed by atoms with E-state index in [1.165, 1.54) is 24.6 Å². The number of carbonyl (C=O) groups excluding carboxylic acids is 3. The third kappa shape index (κ3) is 15.5. The Morgan fingerprint density at radius 2 is 0.670 bits per heavy atom. The average Bonchev–Trinajstić information content (AvgIpc) is 0.830. The second-order valence-corrected chi connectivity index (χ2v) is 25.0. The summed E-state index contributed by atoms with van der Waals surface area (Å²) >= 11 is 3.10. The number of alkyl carbamates (subject to hydrolysis) is 2. The third-order valence-electron chi connectivity index (χ3n) is 17.0. The van der Waals surface area contributed by atoms with Gasteiger partial charge >= 0.3 is 18.2 Å². The van der Waals surface area contributed by atoms with Crippen molar-refractivity contribution in [3.8, 4) is 22.3 Å². The van der Waals surface area contributed by atoms with E-state index in [0.717, 1.165) is 91.1 Å². The van der Waals surface area contributed by atoms with Crippen LogP contribution in [0.3, 0.4) is 0 Å². The van der Waals surface area contributed by atoms with Crippen LogP contribution in [-0.4, -0.2) is 86.2 Å². The van der Waals surface area contributed by atoms with E-state index in [4.69, 9.17) is 14.2 Å². The minimum atomic E-state index is -1.17. The third-order valence-corrected chi connectivity index (χ3v) is 20.3. The summed E-state index contributed by atoms with van der Waals surface area (Å²) in [6.45, 7) is 6.29. The Bertz CT molecular complexity index is 3760. The molecule has 0 saturated carbocycles. The molecule has 0 unspecified atom stereocenters. The quantitative estimate of drug-likeness (QED) is 0.0543. The molecule has 4 N–H and O–H groups in total. The van der Waals surface area contributed by atoms with Crippen molar-refractivity contribution in [2.75, 3.05) is 45.0 Å². The standard InChI is InChI=1S/C38H34N2O3S.C37H31NO4S.C4H8O.C2H6/c1-39-36(41)35(40-37(42)43-25-34-32-23-13-11-21-30(32)31-22-12-14-24-33(31)34)26-44-38(27-15-5-2-6-16-27,28-17-7-3-8-18-28)29-19-9-4-10-20-29;39-35(40)34(38-36(41)42-24-33-31-22-12-10-20-29(31)30-21-11-13-23-32(30)33)25-43-37(26-14-4-1-5-15-26,27-16-6-2-7-17-27)28-18-8-3-9-19-28;1-2-4-5-3-1;1-2/h2-24,34-35H,25-26H2,1H3,(H,39,41)(H,40,42);1-23,33-34H,24-25H2,(H,38,41)(H,39,40);1-4H2;1-2H3/t35-;34-;;/m00../s1. The van der Waals surface area contributed by atoms with Crippen molar-refractivity contribution in [1.82, 2.24) is 16.0 Å². The lowest BCUT2D eigenvalue weighted by Gasteiger charge is -2.36. The minimum absolute atomic E-state index is 0.0668. The molecule has 2 atom stereocenters. The highest BCUT2D eigenvalue weighted by Gasteiger charge is 2.41. The molecule has 13 heteroatoms. The van der Waals surface area contributed by atoms with Gasteiger partial charge in [0, 0.05) is 43.6 Å². The van der Waals surface area contributed by atoms with Crippen molar-refractivity contribution < 1.29 is 38.5 Å². The molecule has 1 aliphatic heterocycles. The average molecular weight is 1290 g/mol. The van der Waals surface area contributed by atoms with Gasteiger partial charge in [0.25, 0.3) is 0 Å². The maximum absolute atomic E-state index is 13.3. The Hall–Kier alpha value is -9.66. The summed E-state index contributed by atoms with van der Waals surface area (Å²) in [6.07, 6.45) is 1.19. The molecular formula is C81H79N3O8S2. The van der Waals surface area contributed by atoms with Crippen LogP contribution < -0.4 is 16.0 Å². The zero-order chi connectivity index (χ0) is 65.5. The molecule has 3 amide bonds. The number of likely N-dealkylation sites (N-methyl/N-ethyl adjacent to an activating group) is 1. The molecule has 13 rings (SSSR count). The first-order valence-corrected chi connectivity index (χ1v) is 34.0. The van der Waals surface area contributed by atoms with Crippen molar-refractivity contribution in [2.24, 2.45) is 0 Å². The predicted octanol–water partition coefficient (Wildman–Crippen LogP) is 16.9. The Morgan fingerprint density at radius 3 is 0.926 bits per heavy atom. The second kappa shape index (κ2) is 33.3. The van der Waals surface area contributed by atoms with Crippen molar-refractivity contribution in [3.05, 3.63) is 335 Å². The van der Waals surface area contributed by atoms with Crippen LogP contribution >= 0.6 is 23.5 Å². The maximum Gasteiger partial charge on any atom is 0.407 e. The van der Waals surface area contributed by atoms with E-state index in [2.05, 4.69) is 125 Å². The Labute approximate surface area is 560 Å². The number of carboxylic acids is 1. The monoisotopic (exact) mass is 1290 g/mol. The molecule has 3 aliphatic rings.